The van der Waals surface area contributed by atoms with Crippen LogP contribution in [0.4, 0.5) is 30.5 Å². The number of piperazine rings is 1. The molecule has 1 aliphatic rings. The van der Waals surface area contributed by atoms with E-state index < -0.39 is 27.0 Å². The van der Waals surface area contributed by atoms with E-state index in [0.717, 1.165) is 48.0 Å². The minimum Gasteiger partial charge on any atom is -0.404 e. The summed E-state index contributed by atoms with van der Waals surface area (Å²) in [5.74, 6) is -0.695. The molecule has 2 aromatic heterocycles. The van der Waals surface area contributed by atoms with Crippen molar-refractivity contribution in [2.45, 2.75) is 11.3 Å². The van der Waals surface area contributed by atoms with Crippen molar-refractivity contribution >= 4 is 38.4 Å². The summed E-state index contributed by atoms with van der Waals surface area (Å²) in [6.07, 6.45) is -2.40. The first-order chi connectivity index (χ1) is 17.6. The number of likely N-dealkylation sites (N-methyl/N-ethyl adjacent to an activating group) is 1. The monoisotopic (exact) mass is 532 g/mol. The number of nitrogens with one attached hydrogen (secondary N) is 1. The summed E-state index contributed by atoms with van der Waals surface area (Å²) in [7, 11) is -2.38. The van der Waals surface area contributed by atoms with Gasteiger partial charge >= 0.3 is 6.36 Å². The molecule has 37 heavy (non-hydrogen) atoms. The second-order valence-corrected chi connectivity index (χ2v) is 10.3. The maximum atomic E-state index is 13.3. The summed E-state index contributed by atoms with van der Waals surface area (Å²) >= 11 is 0. The van der Waals surface area contributed by atoms with Gasteiger partial charge in [0.05, 0.1) is 0 Å². The molecule has 0 spiro atoms. The van der Waals surface area contributed by atoms with Gasteiger partial charge in [-0.05, 0) is 49.5 Å². The van der Waals surface area contributed by atoms with Crippen molar-refractivity contribution in [1.29, 1.82) is 0 Å². The number of fused-ring (bicyclic) bond motifs is 1. The van der Waals surface area contributed by atoms with E-state index in [0.29, 0.717) is 11.1 Å². The SMILES string of the molecule is CN1CCN(c2ccc(Nc3ncc4ccn(S(=O)(=O)c5ccccc5OC(F)(F)F)c4n3)cc2)CC1. The fraction of sp³-hybridized carbons (Fsp3) is 0.250. The van der Waals surface area contributed by atoms with E-state index in [-0.39, 0.29) is 11.6 Å². The molecule has 0 atom stereocenters. The first-order valence-electron chi connectivity index (χ1n) is 11.4. The fourth-order valence-electron chi connectivity index (χ4n) is 4.08. The van der Waals surface area contributed by atoms with Crippen LogP contribution in [0.3, 0.4) is 0 Å². The van der Waals surface area contributed by atoms with E-state index in [2.05, 4.69) is 36.9 Å². The van der Waals surface area contributed by atoms with Crippen LogP contribution in [0.1, 0.15) is 0 Å². The van der Waals surface area contributed by atoms with Gasteiger partial charge in [-0.3, -0.25) is 0 Å². The number of nitrogens with zero attached hydrogens (tertiary/aromatic N) is 5. The molecule has 0 aliphatic carbocycles. The van der Waals surface area contributed by atoms with Crippen molar-refractivity contribution in [3.05, 3.63) is 67.0 Å². The van der Waals surface area contributed by atoms with Crippen LogP contribution in [-0.2, 0) is 10.0 Å². The van der Waals surface area contributed by atoms with Gasteiger partial charge in [0.25, 0.3) is 10.0 Å². The average Bonchev–Trinajstić information content (AvgIpc) is 3.29. The highest BCUT2D eigenvalue weighted by atomic mass is 32.2. The summed E-state index contributed by atoms with van der Waals surface area (Å²) in [5, 5.41) is 3.45. The number of para-hydroxylation sites is 1. The minimum absolute atomic E-state index is 0.00775. The van der Waals surface area contributed by atoms with Crippen LogP contribution in [0.25, 0.3) is 11.0 Å². The predicted octanol–water partition coefficient (Wildman–Crippen LogP) is 4.06. The quantitative estimate of drug-likeness (QED) is 0.398. The van der Waals surface area contributed by atoms with E-state index in [1.165, 1.54) is 30.6 Å². The van der Waals surface area contributed by atoms with E-state index in [1.54, 1.807) is 0 Å². The lowest BCUT2D eigenvalue weighted by molar-refractivity contribution is -0.275. The Morgan fingerprint density at radius 1 is 0.973 bits per heavy atom. The number of benzene rings is 2. The van der Waals surface area contributed by atoms with Crippen molar-refractivity contribution in [3.63, 3.8) is 0 Å². The van der Waals surface area contributed by atoms with Gasteiger partial charge in [-0.2, -0.15) is 4.98 Å². The van der Waals surface area contributed by atoms with Crippen LogP contribution in [0.2, 0.25) is 0 Å². The molecular weight excluding hydrogens is 509 g/mol. The zero-order valence-electron chi connectivity index (χ0n) is 19.7. The Labute approximate surface area is 211 Å². The lowest BCUT2D eigenvalue weighted by Crippen LogP contribution is -2.44. The van der Waals surface area contributed by atoms with Crippen molar-refractivity contribution in [3.8, 4) is 5.75 Å². The second-order valence-electron chi connectivity index (χ2n) is 8.55. The minimum atomic E-state index is -5.05. The van der Waals surface area contributed by atoms with Crippen LogP contribution >= 0.6 is 0 Å². The van der Waals surface area contributed by atoms with E-state index in [4.69, 9.17) is 0 Å². The topological polar surface area (TPSA) is 92.6 Å². The molecule has 1 fully saturated rings. The number of aromatic nitrogens is 3. The molecule has 0 amide bonds. The molecule has 1 aliphatic heterocycles. The normalized spacial score (nSPS) is 15.2. The Morgan fingerprint density at radius 2 is 1.68 bits per heavy atom. The summed E-state index contributed by atoms with van der Waals surface area (Å²) in [6.45, 7) is 3.85. The van der Waals surface area contributed by atoms with Gasteiger partial charge < -0.3 is 19.9 Å². The van der Waals surface area contributed by atoms with Gasteiger partial charge in [-0.25, -0.2) is 17.4 Å². The van der Waals surface area contributed by atoms with Crippen LogP contribution in [0.5, 0.6) is 5.75 Å². The van der Waals surface area contributed by atoms with Gasteiger partial charge in [-0.1, -0.05) is 12.1 Å². The Balaban J connectivity index is 1.42. The fourth-order valence-corrected chi connectivity index (χ4v) is 5.50. The number of halogens is 3. The van der Waals surface area contributed by atoms with E-state index in [9.17, 15) is 21.6 Å². The highest BCUT2D eigenvalue weighted by Crippen LogP contribution is 2.32. The maximum absolute atomic E-state index is 13.3. The van der Waals surface area contributed by atoms with Gasteiger partial charge in [0.15, 0.2) is 5.65 Å². The first kappa shape index (κ1) is 24.8. The Hall–Kier alpha value is -3.84. The first-order valence-corrected chi connectivity index (χ1v) is 12.8. The third kappa shape index (κ3) is 5.32. The number of hydrogen-bond donors (Lipinski definition) is 1. The molecule has 194 valence electrons. The van der Waals surface area contributed by atoms with Gasteiger partial charge in [0.2, 0.25) is 5.95 Å². The van der Waals surface area contributed by atoms with Crippen molar-refractivity contribution < 1.29 is 26.3 Å². The zero-order valence-corrected chi connectivity index (χ0v) is 20.5. The number of anilines is 3. The highest BCUT2D eigenvalue weighted by molar-refractivity contribution is 7.90. The summed E-state index contributed by atoms with van der Waals surface area (Å²) in [4.78, 5) is 12.5. The number of alkyl halides is 3. The molecule has 9 nitrogen and oxygen atoms in total. The third-order valence-electron chi connectivity index (χ3n) is 6.00. The summed E-state index contributed by atoms with van der Waals surface area (Å²) in [5.41, 5.74) is 1.80. The molecule has 13 heteroatoms. The number of rotatable bonds is 6. The van der Waals surface area contributed by atoms with Gasteiger partial charge in [-0.15, -0.1) is 13.2 Å². The van der Waals surface area contributed by atoms with Crippen molar-refractivity contribution in [2.75, 3.05) is 43.4 Å². The zero-order chi connectivity index (χ0) is 26.2. The Morgan fingerprint density at radius 3 is 2.38 bits per heavy atom. The number of ether oxygens (including phenoxy) is 1. The van der Waals surface area contributed by atoms with E-state index in [1.807, 2.05) is 24.3 Å². The van der Waals surface area contributed by atoms with Crippen LogP contribution in [-0.4, -0.2) is 66.8 Å². The largest absolute Gasteiger partial charge is 0.573 e. The standard InChI is InChI=1S/C24H23F3N6O3S/c1-31-12-14-32(15-13-31)19-8-6-18(7-9-19)29-23-28-16-17-10-11-33(22(17)30-23)37(34,35)21-5-3-2-4-20(21)36-24(25,26)27/h2-11,16H,12-15H2,1H3,(H,28,29,30). The maximum Gasteiger partial charge on any atom is 0.573 e. The summed E-state index contributed by atoms with van der Waals surface area (Å²) < 4.78 is 70.0. The summed E-state index contributed by atoms with van der Waals surface area (Å²) in [6, 6.07) is 13.7. The molecule has 3 heterocycles. The Kier molecular flexibility index (Phi) is 6.42. The van der Waals surface area contributed by atoms with E-state index >= 15 is 0 Å². The predicted molar refractivity (Wildman–Crippen MR) is 133 cm³/mol. The molecule has 0 bridgehead atoms. The molecule has 1 saturated heterocycles. The molecule has 5 rings (SSSR count). The number of hydrogen-bond acceptors (Lipinski definition) is 8. The highest BCUT2D eigenvalue weighted by Gasteiger charge is 2.34. The smallest absolute Gasteiger partial charge is 0.404 e. The van der Waals surface area contributed by atoms with Crippen LogP contribution in [0, 0.1) is 0 Å². The van der Waals surface area contributed by atoms with Crippen molar-refractivity contribution in [2.24, 2.45) is 0 Å². The van der Waals surface area contributed by atoms with Gasteiger partial charge in [0.1, 0.15) is 10.6 Å². The molecular formula is C24H23F3N6O3S. The lowest BCUT2D eigenvalue weighted by Gasteiger charge is -2.34. The molecule has 4 aromatic rings. The molecule has 0 saturated carbocycles. The molecule has 0 radical (unpaired) electrons. The second kappa shape index (κ2) is 9.56. The molecule has 0 unspecified atom stereocenters. The molecule has 1 N–H and O–H groups in total. The van der Waals surface area contributed by atoms with Crippen LogP contribution < -0.4 is 15.0 Å². The lowest BCUT2D eigenvalue weighted by atomic mass is 10.2. The van der Waals surface area contributed by atoms with Gasteiger partial charge in [0, 0.05) is 55.3 Å². The van der Waals surface area contributed by atoms with Crippen molar-refractivity contribution in [1.82, 2.24) is 18.8 Å². The average molecular weight is 533 g/mol. The molecule has 2 aromatic carbocycles. The Bertz CT molecular complexity index is 1520. The van der Waals surface area contributed by atoms with Crippen LogP contribution in [0.15, 0.2) is 71.9 Å². The third-order valence-corrected chi connectivity index (χ3v) is 7.70.